The molecule has 0 atom stereocenters. The van der Waals surface area contributed by atoms with Crippen molar-refractivity contribution in [1.29, 1.82) is 0 Å². The van der Waals surface area contributed by atoms with E-state index in [1.807, 2.05) is 18.2 Å². The number of halogens is 2. The van der Waals surface area contributed by atoms with Crippen molar-refractivity contribution in [2.75, 3.05) is 67.1 Å². The van der Waals surface area contributed by atoms with E-state index in [1.165, 1.54) is 5.56 Å². The highest BCUT2D eigenvalue weighted by Gasteiger charge is 2.23. The van der Waals surface area contributed by atoms with E-state index in [1.54, 1.807) is 14.2 Å². The maximum atomic E-state index is 6.06. The third-order valence-electron chi connectivity index (χ3n) is 4.05. The molecule has 0 amide bonds. The Labute approximate surface area is 205 Å². The molecule has 0 N–H and O–H groups in total. The minimum Gasteiger partial charge on any atom is -0.485 e. The monoisotopic (exact) mass is 645 g/mol. The fourth-order valence-corrected chi connectivity index (χ4v) is 4.65. The molecule has 0 spiro atoms. The van der Waals surface area contributed by atoms with Crippen LogP contribution in [0.3, 0.4) is 0 Å². The predicted molar refractivity (Wildman–Crippen MR) is 132 cm³/mol. The first kappa shape index (κ1) is 25.7. The molecular weight excluding hydrogens is 616 g/mol. The minimum absolute atomic E-state index is 0.436. The molecule has 9 heteroatoms. The van der Waals surface area contributed by atoms with Gasteiger partial charge in [0.05, 0.1) is 39.6 Å². The van der Waals surface area contributed by atoms with E-state index in [0.29, 0.717) is 52.9 Å². The summed E-state index contributed by atoms with van der Waals surface area (Å²) in [6.45, 7) is 4.82. The van der Waals surface area contributed by atoms with Crippen molar-refractivity contribution < 1.29 is 28.4 Å². The summed E-state index contributed by atoms with van der Waals surface area (Å²) in [5.41, 5.74) is 1.22. The van der Waals surface area contributed by atoms with Crippen LogP contribution in [0, 0.1) is 7.40 Å². The summed E-state index contributed by atoms with van der Waals surface area (Å²) >= 11 is 4.63. The second kappa shape index (κ2) is 15.2. The van der Waals surface area contributed by atoms with Gasteiger partial charge in [-0.15, -0.1) is 0 Å². The molecule has 7 nitrogen and oxygen atoms in total. The Bertz CT molecular complexity index is 687. The van der Waals surface area contributed by atoms with Gasteiger partial charge in [0.15, 0.2) is 11.5 Å². The molecule has 0 aliphatic heterocycles. The fraction of sp³-hybridized carbons (Fsp3) is 0.524. The second-order valence-electron chi connectivity index (χ2n) is 6.22. The fourth-order valence-electron chi connectivity index (χ4n) is 2.57. The van der Waals surface area contributed by atoms with Crippen molar-refractivity contribution in [3.63, 3.8) is 0 Å². The van der Waals surface area contributed by atoms with E-state index in [-0.39, 0.29) is 0 Å². The Morgan fingerprint density at radius 2 is 1.13 bits per heavy atom. The summed E-state index contributed by atoms with van der Waals surface area (Å²) in [6.07, 6.45) is 0. The SMILES string of the molecule is COCCOCCOc1c(OCCOCCOC)c(I)n(Cc2ccccc2)c1I. The standard InChI is InChI=1S/C21H29I2NO6/c1-25-8-10-27-12-14-29-18-19(30-15-13-28-11-9-26-2)21(23)24(20(18)22)16-17-6-4-3-5-7-17/h3-7H,8-16H2,1-2H3. The number of benzene rings is 1. The lowest BCUT2D eigenvalue weighted by atomic mass is 10.2. The maximum absolute atomic E-state index is 6.06. The van der Waals surface area contributed by atoms with Crippen molar-refractivity contribution in [3.8, 4) is 11.5 Å². The van der Waals surface area contributed by atoms with E-state index < -0.39 is 0 Å². The van der Waals surface area contributed by atoms with Gasteiger partial charge in [-0.2, -0.15) is 0 Å². The third-order valence-corrected chi connectivity index (χ3v) is 6.19. The van der Waals surface area contributed by atoms with Crippen LogP contribution in [-0.4, -0.2) is 71.6 Å². The predicted octanol–water partition coefficient (Wildman–Crippen LogP) is 3.83. The van der Waals surface area contributed by atoms with Crippen molar-refractivity contribution in [1.82, 2.24) is 4.57 Å². The van der Waals surface area contributed by atoms with Gasteiger partial charge in [-0.25, -0.2) is 0 Å². The minimum atomic E-state index is 0.436. The van der Waals surface area contributed by atoms with Gasteiger partial charge in [0.2, 0.25) is 0 Å². The lowest BCUT2D eigenvalue weighted by Gasteiger charge is -2.10. The number of aromatic nitrogens is 1. The Kier molecular flexibility index (Phi) is 13.0. The average Bonchev–Trinajstić information content (AvgIpc) is 2.98. The smallest absolute Gasteiger partial charge is 0.194 e. The number of methoxy groups -OCH3 is 2. The quantitative estimate of drug-likeness (QED) is 0.205. The highest BCUT2D eigenvalue weighted by Crippen LogP contribution is 2.40. The maximum Gasteiger partial charge on any atom is 0.194 e. The summed E-state index contributed by atoms with van der Waals surface area (Å²) in [4.78, 5) is 0. The molecule has 2 rings (SSSR count). The molecule has 0 saturated heterocycles. The highest BCUT2D eigenvalue weighted by molar-refractivity contribution is 14.1. The van der Waals surface area contributed by atoms with Crippen LogP contribution in [0.2, 0.25) is 0 Å². The molecule has 0 saturated carbocycles. The number of ether oxygens (including phenoxy) is 6. The molecule has 168 valence electrons. The normalized spacial score (nSPS) is 11.1. The molecule has 0 bridgehead atoms. The van der Waals surface area contributed by atoms with Gasteiger partial charge in [-0.1, -0.05) is 30.3 Å². The first-order valence-electron chi connectivity index (χ1n) is 9.69. The van der Waals surface area contributed by atoms with Gasteiger partial charge in [-0.3, -0.25) is 0 Å². The van der Waals surface area contributed by atoms with Crippen LogP contribution in [0.1, 0.15) is 5.56 Å². The van der Waals surface area contributed by atoms with Gasteiger partial charge in [0.1, 0.15) is 20.6 Å². The number of rotatable bonds is 16. The molecule has 0 radical (unpaired) electrons. The third kappa shape index (κ3) is 8.50. The first-order valence-corrected chi connectivity index (χ1v) is 11.8. The van der Waals surface area contributed by atoms with Crippen LogP contribution in [-0.2, 0) is 25.5 Å². The molecule has 0 aliphatic rings. The summed E-state index contributed by atoms with van der Waals surface area (Å²) in [5, 5.41) is 0. The highest BCUT2D eigenvalue weighted by atomic mass is 127. The zero-order chi connectivity index (χ0) is 21.6. The largest absolute Gasteiger partial charge is 0.485 e. The van der Waals surface area contributed by atoms with Crippen molar-refractivity contribution >= 4 is 45.2 Å². The molecule has 2 aromatic rings. The Hall–Kier alpha value is -0.600. The van der Waals surface area contributed by atoms with Crippen molar-refractivity contribution in [2.45, 2.75) is 6.54 Å². The summed E-state index contributed by atoms with van der Waals surface area (Å²) in [6, 6.07) is 10.3. The van der Waals surface area contributed by atoms with E-state index in [0.717, 1.165) is 25.4 Å². The molecule has 0 fully saturated rings. The van der Waals surface area contributed by atoms with Crippen LogP contribution in [0.4, 0.5) is 0 Å². The van der Waals surface area contributed by atoms with Gasteiger partial charge in [0.25, 0.3) is 0 Å². The number of hydrogen-bond donors (Lipinski definition) is 0. The molecule has 1 heterocycles. The Morgan fingerprint density at radius 1 is 0.667 bits per heavy atom. The van der Waals surface area contributed by atoms with Gasteiger partial charge >= 0.3 is 0 Å². The molecule has 1 aromatic heterocycles. The summed E-state index contributed by atoms with van der Waals surface area (Å²) in [5.74, 6) is 1.48. The van der Waals surface area contributed by atoms with Crippen LogP contribution in [0.15, 0.2) is 30.3 Å². The topological polar surface area (TPSA) is 60.3 Å². The van der Waals surface area contributed by atoms with Crippen LogP contribution in [0.25, 0.3) is 0 Å². The Balaban J connectivity index is 2.05. The van der Waals surface area contributed by atoms with Crippen LogP contribution < -0.4 is 9.47 Å². The molecule has 0 unspecified atom stereocenters. The second-order valence-corrected chi connectivity index (χ2v) is 8.26. The van der Waals surface area contributed by atoms with E-state index in [9.17, 15) is 0 Å². The lowest BCUT2D eigenvalue weighted by Crippen LogP contribution is -2.12. The zero-order valence-electron chi connectivity index (χ0n) is 17.4. The van der Waals surface area contributed by atoms with Crippen LogP contribution >= 0.6 is 45.2 Å². The van der Waals surface area contributed by atoms with E-state index in [2.05, 4.69) is 61.9 Å². The van der Waals surface area contributed by atoms with Crippen molar-refractivity contribution in [2.24, 2.45) is 0 Å². The Morgan fingerprint density at radius 3 is 1.60 bits per heavy atom. The summed E-state index contributed by atoms with van der Waals surface area (Å²) < 4.78 is 37.3. The van der Waals surface area contributed by atoms with Crippen LogP contribution in [0.5, 0.6) is 11.5 Å². The molecule has 0 aliphatic carbocycles. The molecule has 30 heavy (non-hydrogen) atoms. The van der Waals surface area contributed by atoms with Gasteiger partial charge in [0, 0.05) is 20.8 Å². The molecule has 1 aromatic carbocycles. The number of hydrogen-bond acceptors (Lipinski definition) is 6. The van der Waals surface area contributed by atoms with E-state index in [4.69, 9.17) is 28.4 Å². The zero-order valence-corrected chi connectivity index (χ0v) is 21.7. The van der Waals surface area contributed by atoms with Crippen molar-refractivity contribution in [3.05, 3.63) is 43.3 Å². The van der Waals surface area contributed by atoms with Gasteiger partial charge < -0.3 is 33.0 Å². The number of nitrogens with zero attached hydrogens (tertiary/aromatic N) is 1. The molecular formula is C21H29I2NO6. The van der Waals surface area contributed by atoms with Gasteiger partial charge in [-0.05, 0) is 50.7 Å². The summed E-state index contributed by atoms with van der Waals surface area (Å²) in [7, 11) is 3.31. The van der Waals surface area contributed by atoms with E-state index >= 15 is 0 Å². The average molecular weight is 645 g/mol. The lowest BCUT2D eigenvalue weighted by molar-refractivity contribution is 0.0498. The first-order chi connectivity index (χ1) is 14.7.